The van der Waals surface area contributed by atoms with Gasteiger partial charge in [0.2, 0.25) is 0 Å². The lowest BCUT2D eigenvalue weighted by Crippen LogP contribution is -2.33. The van der Waals surface area contributed by atoms with E-state index in [2.05, 4.69) is 35.6 Å². The highest BCUT2D eigenvalue weighted by Crippen LogP contribution is 2.29. The molecule has 2 heteroatoms. The Balaban J connectivity index is 2.09. The molecule has 15 heavy (non-hydrogen) atoms. The standard InChI is InChI=1S/C13H19NO/c1-15-13(11-6-3-2-4-7-11)12-8-5-9-14-10-12/h2-4,6-7,12-14H,5,8-10H2,1H3/t12-,13+/m0/s1. The lowest BCUT2D eigenvalue weighted by Gasteiger charge is -2.30. The molecule has 1 fully saturated rings. The molecule has 1 aromatic rings. The molecule has 1 N–H and O–H groups in total. The van der Waals surface area contributed by atoms with Crippen molar-refractivity contribution in [1.82, 2.24) is 5.32 Å². The van der Waals surface area contributed by atoms with Gasteiger partial charge in [0, 0.05) is 19.6 Å². The molecule has 82 valence electrons. The van der Waals surface area contributed by atoms with Crippen LogP contribution in [0.5, 0.6) is 0 Å². The maximum atomic E-state index is 5.64. The van der Waals surface area contributed by atoms with Gasteiger partial charge < -0.3 is 10.1 Å². The van der Waals surface area contributed by atoms with Crippen molar-refractivity contribution in [2.75, 3.05) is 20.2 Å². The Morgan fingerprint density at radius 2 is 2.13 bits per heavy atom. The van der Waals surface area contributed by atoms with Crippen LogP contribution in [0.15, 0.2) is 30.3 Å². The summed E-state index contributed by atoms with van der Waals surface area (Å²) in [4.78, 5) is 0. The van der Waals surface area contributed by atoms with Crippen molar-refractivity contribution < 1.29 is 4.74 Å². The van der Waals surface area contributed by atoms with Gasteiger partial charge in [-0.05, 0) is 24.9 Å². The third kappa shape index (κ3) is 2.58. The summed E-state index contributed by atoms with van der Waals surface area (Å²) < 4.78 is 5.64. The van der Waals surface area contributed by atoms with E-state index in [4.69, 9.17) is 4.74 Å². The molecule has 1 aromatic carbocycles. The van der Waals surface area contributed by atoms with Crippen molar-refractivity contribution in [3.63, 3.8) is 0 Å². The maximum absolute atomic E-state index is 5.64. The topological polar surface area (TPSA) is 21.3 Å². The molecule has 0 aliphatic carbocycles. The van der Waals surface area contributed by atoms with Gasteiger partial charge in [0.05, 0.1) is 6.10 Å². The van der Waals surface area contributed by atoms with Crippen LogP contribution in [0, 0.1) is 5.92 Å². The van der Waals surface area contributed by atoms with Gasteiger partial charge >= 0.3 is 0 Å². The van der Waals surface area contributed by atoms with Crippen molar-refractivity contribution in [2.45, 2.75) is 18.9 Å². The van der Waals surface area contributed by atoms with E-state index in [-0.39, 0.29) is 6.10 Å². The summed E-state index contributed by atoms with van der Waals surface area (Å²) >= 11 is 0. The predicted molar refractivity (Wildman–Crippen MR) is 61.8 cm³/mol. The number of rotatable bonds is 3. The van der Waals surface area contributed by atoms with E-state index in [1.807, 2.05) is 7.11 Å². The van der Waals surface area contributed by atoms with E-state index in [9.17, 15) is 0 Å². The number of benzene rings is 1. The molecule has 2 rings (SSSR count). The molecule has 0 saturated carbocycles. The van der Waals surface area contributed by atoms with Crippen molar-refractivity contribution in [3.8, 4) is 0 Å². The Labute approximate surface area is 91.6 Å². The molecule has 1 heterocycles. The fourth-order valence-electron chi connectivity index (χ4n) is 2.38. The Morgan fingerprint density at radius 1 is 1.33 bits per heavy atom. The van der Waals surface area contributed by atoms with Crippen molar-refractivity contribution in [2.24, 2.45) is 5.92 Å². The molecule has 0 aromatic heterocycles. The minimum Gasteiger partial charge on any atom is -0.376 e. The summed E-state index contributed by atoms with van der Waals surface area (Å²) in [6.07, 6.45) is 2.77. The van der Waals surface area contributed by atoms with Gasteiger partial charge in [0.15, 0.2) is 0 Å². The number of nitrogens with one attached hydrogen (secondary N) is 1. The normalized spacial score (nSPS) is 23.7. The van der Waals surface area contributed by atoms with Gasteiger partial charge in [0.1, 0.15) is 0 Å². The number of hydrogen-bond donors (Lipinski definition) is 1. The fourth-order valence-corrected chi connectivity index (χ4v) is 2.38. The van der Waals surface area contributed by atoms with Crippen molar-refractivity contribution in [1.29, 1.82) is 0 Å². The van der Waals surface area contributed by atoms with Gasteiger partial charge in [-0.3, -0.25) is 0 Å². The summed E-state index contributed by atoms with van der Waals surface area (Å²) in [6.45, 7) is 2.23. The molecule has 1 aliphatic rings. The number of methoxy groups -OCH3 is 1. The highest BCUT2D eigenvalue weighted by atomic mass is 16.5. The molecular formula is C13H19NO. The van der Waals surface area contributed by atoms with Crippen LogP contribution in [-0.2, 0) is 4.74 Å². The van der Waals surface area contributed by atoms with Crippen LogP contribution in [0.2, 0.25) is 0 Å². The zero-order chi connectivity index (χ0) is 10.5. The monoisotopic (exact) mass is 205 g/mol. The van der Waals surface area contributed by atoms with Crippen LogP contribution in [0.25, 0.3) is 0 Å². The van der Waals surface area contributed by atoms with Gasteiger partial charge in [-0.15, -0.1) is 0 Å². The minimum absolute atomic E-state index is 0.249. The lowest BCUT2D eigenvalue weighted by molar-refractivity contribution is 0.0409. The van der Waals surface area contributed by atoms with E-state index < -0.39 is 0 Å². The summed E-state index contributed by atoms with van der Waals surface area (Å²) in [7, 11) is 1.81. The van der Waals surface area contributed by atoms with Crippen LogP contribution < -0.4 is 5.32 Å². The average Bonchev–Trinajstić information content (AvgIpc) is 2.33. The quantitative estimate of drug-likeness (QED) is 0.818. The molecule has 1 aliphatic heterocycles. The van der Waals surface area contributed by atoms with E-state index in [0.717, 1.165) is 13.1 Å². The summed E-state index contributed by atoms with van der Waals surface area (Å²) in [5, 5.41) is 3.44. The van der Waals surface area contributed by atoms with Crippen LogP contribution >= 0.6 is 0 Å². The predicted octanol–water partition coefficient (Wildman–Crippen LogP) is 2.37. The second-order valence-corrected chi connectivity index (χ2v) is 4.17. The zero-order valence-electron chi connectivity index (χ0n) is 9.28. The van der Waals surface area contributed by atoms with Gasteiger partial charge in [-0.2, -0.15) is 0 Å². The molecule has 1 saturated heterocycles. The second kappa shape index (κ2) is 5.29. The summed E-state index contributed by atoms with van der Waals surface area (Å²) in [5.74, 6) is 0.617. The molecule has 2 nitrogen and oxygen atoms in total. The Hall–Kier alpha value is -0.860. The van der Waals surface area contributed by atoms with Gasteiger partial charge in [-0.25, -0.2) is 0 Å². The fraction of sp³-hybridized carbons (Fsp3) is 0.538. The lowest BCUT2D eigenvalue weighted by atomic mass is 9.89. The zero-order valence-corrected chi connectivity index (χ0v) is 9.28. The van der Waals surface area contributed by atoms with Crippen molar-refractivity contribution in [3.05, 3.63) is 35.9 Å². The van der Waals surface area contributed by atoms with E-state index in [1.165, 1.54) is 18.4 Å². The summed E-state index contributed by atoms with van der Waals surface area (Å²) in [5.41, 5.74) is 1.30. The number of ether oxygens (including phenoxy) is 1. The first-order chi connectivity index (χ1) is 7.42. The smallest absolute Gasteiger partial charge is 0.0861 e. The second-order valence-electron chi connectivity index (χ2n) is 4.17. The Bertz CT molecular complexity index is 280. The molecule has 0 spiro atoms. The van der Waals surface area contributed by atoms with E-state index in [0.29, 0.717) is 5.92 Å². The van der Waals surface area contributed by atoms with Gasteiger partial charge in [0.25, 0.3) is 0 Å². The number of hydrogen-bond acceptors (Lipinski definition) is 2. The molecule has 0 bridgehead atoms. The van der Waals surface area contributed by atoms with Crippen LogP contribution in [0.3, 0.4) is 0 Å². The van der Waals surface area contributed by atoms with Crippen molar-refractivity contribution >= 4 is 0 Å². The SMILES string of the molecule is CO[C@H](c1ccccc1)[C@H]1CCCNC1. The highest BCUT2D eigenvalue weighted by Gasteiger charge is 2.24. The first kappa shape index (κ1) is 10.7. The average molecular weight is 205 g/mol. The first-order valence-corrected chi connectivity index (χ1v) is 5.70. The third-order valence-electron chi connectivity index (χ3n) is 3.15. The molecule has 0 radical (unpaired) electrons. The molecule has 0 unspecified atom stereocenters. The molecular weight excluding hydrogens is 186 g/mol. The van der Waals surface area contributed by atoms with Crippen LogP contribution in [0.4, 0.5) is 0 Å². The van der Waals surface area contributed by atoms with Gasteiger partial charge in [-0.1, -0.05) is 30.3 Å². The molecule has 0 amide bonds. The Kier molecular flexibility index (Phi) is 3.75. The molecule has 2 atom stereocenters. The minimum atomic E-state index is 0.249. The largest absolute Gasteiger partial charge is 0.376 e. The third-order valence-corrected chi connectivity index (χ3v) is 3.15. The van der Waals surface area contributed by atoms with Crippen LogP contribution in [-0.4, -0.2) is 20.2 Å². The van der Waals surface area contributed by atoms with E-state index in [1.54, 1.807) is 0 Å². The highest BCUT2D eigenvalue weighted by molar-refractivity contribution is 5.18. The number of piperidine rings is 1. The first-order valence-electron chi connectivity index (χ1n) is 5.70. The Morgan fingerprint density at radius 3 is 2.73 bits per heavy atom. The maximum Gasteiger partial charge on any atom is 0.0861 e. The summed E-state index contributed by atoms with van der Waals surface area (Å²) in [6, 6.07) is 10.5. The van der Waals surface area contributed by atoms with E-state index >= 15 is 0 Å². The van der Waals surface area contributed by atoms with Crippen LogP contribution in [0.1, 0.15) is 24.5 Å².